The summed E-state index contributed by atoms with van der Waals surface area (Å²) in [6.07, 6.45) is 1.69. The Morgan fingerprint density at radius 2 is 2.06 bits per heavy atom. The van der Waals surface area contributed by atoms with E-state index in [4.69, 9.17) is 4.74 Å². The lowest BCUT2D eigenvalue weighted by Gasteiger charge is -2.07. The van der Waals surface area contributed by atoms with Crippen LogP contribution in [0.2, 0.25) is 0 Å². The summed E-state index contributed by atoms with van der Waals surface area (Å²) >= 11 is 0. The van der Waals surface area contributed by atoms with Crippen molar-refractivity contribution in [3.8, 4) is 17.0 Å². The van der Waals surface area contributed by atoms with Gasteiger partial charge < -0.3 is 4.74 Å². The minimum atomic E-state index is 0.398. The molecule has 1 aromatic heterocycles. The second-order valence-electron chi connectivity index (χ2n) is 3.66. The molecule has 0 fully saturated rings. The number of methoxy groups -OCH3 is 1. The largest absolute Gasteiger partial charge is 0.496 e. The van der Waals surface area contributed by atoms with Gasteiger partial charge in [-0.3, -0.25) is 4.68 Å². The van der Waals surface area contributed by atoms with Crippen molar-refractivity contribution in [1.82, 2.24) is 9.78 Å². The van der Waals surface area contributed by atoms with E-state index in [0.717, 1.165) is 11.3 Å². The molecule has 1 aromatic carbocycles. The maximum atomic E-state index is 11.5. The van der Waals surface area contributed by atoms with Crippen LogP contribution >= 0.6 is 0 Å². The van der Waals surface area contributed by atoms with Gasteiger partial charge in [0.15, 0.2) is 7.11 Å². The Morgan fingerprint density at radius 1 is 1.28 bits per heavy atom. The minimum absolute atomic E-state index is 0.398. The third-order valence-corrected chi connectivity index (χ3v) is 2.66. The van der Waals surface area contributed by atoms with Gasteiger partial charge in [-0.15, -0.1) is 0 Å². The third kappa shape index (κ3) is 2.04. The van der Waals surface area contributed by atoms with E-state index in [0.29, 0.717) is 16.4 Å². The first-order valence-electron chi connectivity index (χ1n) is 5.35. The fourth-order valence-electron chi connectivity index (χ4n) is 1.75. The average molecular weight is 248 g/mol. The van der Waals surface area contributed by atoms with Gasteiger partial charge in [-0.1, -0.05) is 0 Å². The second-order valence-corrected chi connectivity index (χ2v) is 3.66. The molecule has 2 rings (SSSR count). The topological polar surface area (TPSA) is 56.4 Å². The molecule has 6 heteroatoms. The molecule has 0 radical (unpaired) electrons. The first kappa shape index (κ1) is 12.1. The van der Waals surface area contributed by atoms with Crippen molar-refractivity contribution in [1.29, 1.82) is 0 Å². The summed E-state index contributed by atoms with van der Waals surface area (Å²) < 4.78 is 7.00. The molecular weight excluding hydrogens is 234 g/mol. The minimum Gasteiger partial charge on any atom is -0.496 e. The summed E-state index contributed by atoms with van der Waals surface area (Å²) in [6.45, 7) is 0. The highest BCUT2D eigenvalue weighted by Gasteiger charge is 2.19. The molecular formula is C12H14N3O3+. The number of hydrogen-bond donors (Lipinski definition) is 0. The molecule has 0 spiro atoms. The molecule has 0 aliphatic carbocycles. The molecule has 18 heavy (non-hydrogen) atoms. The molecule has 1 heterocycles. The van der Waals surface area contributed by atoms with Crippen molar-refractivity contribution in [3.05, 3.63) is 35.4 Å². The van der Waals surface area contributed by atoms with Crippen LogP contribution in [-0.2, 0) is 11.9 Å². The van der Waals surface area contributed by atoms with Crippen LogP contribution < -0.4 is 4.74 Å². The van der Waals surface area contributed by atoms with Gasteiger partial charge in [0.05, 0.1) is 17.7 Å². The van der Waals surface area contributed by atoms with Crippen molar-refractivity contribution in [2.75, 3.05) is 14.2 Å². The molecule has 0 aliphatic heterocycles. The Hall–Kier alpha value is -2.37. The van der Waals surface area contributed by atoms with Crippen molar-refractivity contribution in [2.45, 2.75) is 0 Å². The summed E-state index contributed by atoms with van der Waals surface area (Å²) in [7, 11) is 4.73. The van der Waals surface area contributed by atoms with Gasteiger partial charge >= 0.3 is 5.69 Å². The summed E-state index contributed by atoms with van der Waals surface area (Å²) in [5, 5.41) is 4.10. The first-order chi connectivity index (χ1) is 8.67. The number of nitrogens with zero attached hydrogens (tertiary/aromatic N) is 3. The van der Waals surface area contributed by atoms with Crippen LogP contribution in [0, 0.1) is 4.91 Å². The van der Waals surface area contributed by atoms with E-state index >= 15 is 0 Å². The van der Waals surface area contributed by atoms with Gasteiger partial charge in [0.1, 0.15) is 5.75 Å². The summed E-state index contributed by atoms with van der Waals surface area (Å²) in [5.74, 6) is 0.673. The van der Waals surface area contributed by atoms with Crippen LogP contribution in [0.3, 0.4) is 0 Å². The van der Waals surface area contributed by atoms with E-state index in [-0.39, 0.29) is 0 Å². The Morgan fingerprint density at radius 3 is 2.61 bits per heavy atom. The van der Waals surface area contributed by atoms with E-state index in [9.17, 15) is 4.91 Å². The fourth-order valence-corrected chi connectivity index (χ4v) is 1.75. The highest BCUT2D eigenvalue weighted by Crippen LogP contribution is 2.32. The molecule has 2 aromatic rings. The van der Waals surface area contributed by atoms with Crippen LogP contribution in [0.1, 0.15) is 0 Å². The Kier molecular flexibility index (Phi) is 3.27. The molecule has 0 atom stereocenters. The van der Waals surface area contributed by atoms with Gasteiger partial charge in [0.2, 0.25) is 0 Å². The van der Waals surface area contributed by atoms with E-state index in [1.54, 1.807) is 36.2 Å². The predicted octanol–water partition coefficient (Wildman–Crippen LogP) is 2.07. The Balaban J connectivity index is 2.56. The number of aromatic nitrogens is 2. The van der Waals surface area contributed by atoms with Gasteiger partial charge in [-0.05, 0) is 12.1 Å². The lowest BCUT2D eigenvalue weighted by atomic mass is 10.1. The normalized spacial score (nSPS) is 10.2. The molecule has 0 saturated carbocycles. The number of benzene rings is 1. The average Bonchev–Trinajstić information content (AvgIpc) is 2.83. The molecule has 0 aliphatic rings. The van der Waals surface area contributed by atoms with Gasteiger partial charge in [0, 0.05) is 30.9 Å². The maximum Gasteiger partial charge on any atom is 0.317 e. The Labute approximate surface area is 104 Å². The Bertz CT molecular complexity index is 578. The zero-order valence-corrected chi connectivity index (χ0v) is 10.5. The van der Waals surface area contributed by atoms with E-state index in [1.165, 1.54) is 7.11 Å². The molecule has 94 valence electrons. The molecule has 0 saturated heterocycles. The van der Waals surface area contributed by atoms with Crippen LogP contribution in [0.25, 0.3) is 11.3 Å². The van der Waals surface area contributed by atoms with Crippen molar-refractivity contribution in [3.63, 3.8) is 0 Å². The zero-order chi connectivity index (χ0) is 13.1. The van der Waals surface area contributed by atoms with Crippen LogP contribution in [-0.4, -0.2) is 28.9 Å². The molecule has 0 N–H and O–H groups in total. The fraction of sp³-hybridized carbons (Fsp3) is 0.250. The van der Waals surface area contributed by atoms with Crippen LogP contribution in [0.15, 0.2) is 30.5 Å². The highest BCUT2D eigenvalue weighted by molar-refractivity contribution is 5.70. The summed E-state index contributed by atoms with van der Waals surface area (Å²) in [4.78, 5) is 16.5. The number of aryl methyl sites for hydroxylation is 1. The quantitative estimate of drug-likeness (QED) is 0.777. The van der Waals surface area contributed by atoms with Gasteiger partial charge in [0.25, 0.3) is 4.92 Å². The predicted molar refractivity (Wildman–Crippen MR) is 65.5 cm³/mol. The lowest BCUT2D eigenvalue weighted by Crippen LogP contribution is -2.00. The standard InChI is InChI=1S/C12H14N3O3/c1-14-11(6-7-13-14)10-8-9(15(16)18-3)4-5-12(10)17-2/h4-8H,1-3H3/q+1. The second kappa shape index (κ2) is 4.87. The molecule has 0 amide bonds. The van der Waals surface area contributed by atoms with Crippen LogP contribution in [0.5, 0.6) is 5.75 Å². The number of hydrogen-bond acceptors (Lipinski definition) is 4. The van der Waals surface area contributed by atoms with E-state index < -0.39 is 0 Å². The summed E-state index contributed by atoms with van der Waals surface area (Å²) in [5.41, 5.74) is 2.04. The maximum absolute atomic E-state index is 11.5. The smallest absolute Gasteiger partial charge is 0.317 e. The molecule has 6 nitrogen and oxygen atoms in total. The molecule has 0 unspecified atom stereocenters. The van der Waals surface area contributed by atoms with Crippen molar-refractivity contribution < 1.29 is 14.5 Å². The lowest BCUT2D eigenvalue weighted by molar-refractivity contribution is -0.736. The number of rotatable bonds is 4. The van der Waals surface area contributed by atoms with Crippen LogP contribution in [0.4, 0.5) is 5.69 Å². The highest BCUT2D eigenvalue weighted by atomic mass is 16.8. The van der Waals surface area contributed by atoms with E-state index in [1.807, 2.05) is 13.1 Å². The van der Waals surface area contributed by atoms with Gasteiger partial charge in [-0.2, -0.15) is 5.10 Å². The van der Waals surface area contributed by atoms with E-state index in [2.05, 4.69) is 9.94 Å². The summed E-state index contributed by atoms with van der Waals surface area (Å²) in [6, 6.07) is 6.91. The van der Waals surface area contributed by atoms with Gasteiger partial charge in [-0.25, -0.2) is 4.84 Å². The first-order valence-corrected chi connectivity index (χ1v) is 5.35. The third-order valence-electron chi connectivity index (χ3n) is 2.66. The zero-order valence-electron chi connectivity index (χ0n) is 10.5. The monoisotopic (exact) mass is 248 g/mol. The SMILES string of the molecule is COc1ccc([N+](=O)OC)cc1-c1ccnn1C. The van der Waals surface area contributed by atoms with Crippen molar-refractivity contribution >= 4 is 5.69 Å². The molecule has 0 bridgehead atoms. The number of ether oxygens (including phenoxy) is 1. The van der Waals surface area contributed by atoms with Crippen molar-refractivity contribution in [2.24, 2.45) is 7.05 Å².